The van der Waals surface area contributed by atoms with Gasteiger partial charge in [-0.2, -0.15) is 0 Å². The molecule has 0 saturated carbocycles. The summed E-state index contributed by atoms with van der Waals surface area (Å²) in [5.74, 6) is 0.119. The number of carbonyl (C=O) groups is 1. The number of unbranched alkanes of at least 4 members (excludes halogenated alkanes) is 5. The van der Waals surface area contributed by atoms with E-state index < -0.39 is 0 Å². The molecule has 1 rings (SSSR count). The van der Waals surface area contributed by atoms with E-state index in [4.69, 9.17) is 23.2 Å². The molecule has 0 aliphatic carbocycles. The van der Waals surface area contributed by atoms with Gasteiger partial charge in [-0.05, 0) is 12.5 Å². The summed E-state index contributed by atoms with van der Waals surface area (Å²) in [6.07, 6.45) is 7.70. The van der Waals surface area contributed by atoms with Gasteiger partial charge in [-0.1, -0.05) is 62.2 Å². The van der Waals surface area contributed by atoms with Crippen LogP contribution in [-0.4, -0.2) is 5.78 Å². The standard InChI is InChI=1S/C13H18Cl2OS/c1-2-3-4-5-6-7-8-11(16)10-9-12(14)17-13(10)15/h9H,2-8H2,1H3. The lowest BCUT2D eigenvalue weighted by atomic mass is 10.1. The summed E-state index contributed by atoms with van der Waals surface area (Å²) in [6, 6.07) is 1.67. The molecule has 4 heteroatoms. The number of hydrogen-bond acceptors (Lipinski definition) is 2. The number of carbonyl (C=O) groups excluding carboxylic acids is 1. The third-order valence-corrected chi connectivity index (χ3v) is 4.20. The van der Waals surface area contributed by atoms with E-state index in [0.717, 1.165) is 12.8 Å². The molecule has 0 aliphatic heterocycles. The molecule has 0 saturated heterocycles. The van der Waals surface area contributed by atoms with Gasteiger partial charge in [-0.3, -0.25) is 4.79 Å². The number of rotatable bonds is 8. The molecule has 0 bridgehead atoms. The highest BCUT2D eigenvalue weighted by molar-refractivity contribution is 7.20. The third kappa shape index (κ3) is 5.41. The van der Waals surface area contributed by atoms with E-state index in [2.05, 4.69) is 6.92 Å². The summed E-state index contributed by atoms with van der Waals surface area (Å²) in [4.78, 5) is 11.8. The first-order chi connectivity index (χ1) is 8.15. The first-order valence-electron chi connectivity index (χ1n) is 6.13. The minimum absolute atomic E-state index is 0.119. The second-order valence-electron chi connectivity index (χ2n) is 4.18. The molecule has 1 aromatic heterocycles. The number of hydrogen-bond donors (Lipinski definition) is 0. The predicted octanol–water partition coefficient (Wildman–Crippen LogP) is 5.99. The topological polar surface area (TPSA) is 17.1 Å². The molecule has 0 fully saturated rings. The Hall–Kier alpha value is -0.0500. The maximum atomic E-state index is 11.8. The average molecular weight is 293 g/mol. The van der Waals surface area contributed by atoms with Crippen molar-refractivity contribution in [2.45, 2.75) is 51.9 Å². The van der Waals surface area contributed by atoms with Crippen molar-refractivity contribution in [3.8, 4) is 0 Å². The quantitative estimate of drug-likeness (QED) is 0.425. The van der Waals surface area contributed by atoms with Gasteiger partial charge in [0.1, 0.15) is 4.34 Å². The van der Waals surface area contributed by atoms with Gasteiger partial charge >= 0.3 is 0 Å². The molecule has 96 valence electrons. The lowest BCUT2D eigenvalue weighted by Gasteiger charge is -2.00. The van der Waals surface area contributed by atoms with Crippen molar-refractivity contribution in [1.82, 2.24) is 0 Å². The summed E-state index contributed by atoms with van der Waals surface area (Å²) in [5, 5.41) is 0. The predicted molar refractivity (Wildman–Crippen MR) is 76.7 cm³/mol. The fourth-order valence-corrected chi connectivity index (χ4v) is 3.23. The Morgan fingerprint density at radius 2 is 1.82 bits per heavy atom. The highest BCUT2D eigenvalue weighted by Crippen LogP contribution is 2.32. The van der Waals surface area contributed by atoms with Crippen LogP contribution < -0.4 is 0 Å². The van der Waals surface area contributed by atoms with Crippen LogP contribution in [0.25, 0.3) is 0 Å². The van der Waals surface area contributed by atoms with Crippen molar-refractivity contribution in [2.24, 2.45) is 0 Å². The second kappa shape index (κ2) is 8.12. The van der Waals surface area contributed by atoms with Crippen molar-refractivity contribution in [2.75, 3.05) is 0 Å². The van der Waals surface area contributed by atoms with Crippen LogP contribution >= 0.6 is 34.5 Å². The molecule has 0 unspecified atom stereocenters. The summed E-state index contributed by atoms with van der Waals surface area (Å²) in [6.45, 7) is 2.20. The van der Waals surface area contributed by atoms with Crippen LogP contribution in [0.3, 0.4) is 0 Å². The Kier molecular flexibility index (Phi) is 7.17. The van der Waals surface area contributed by atoms with Gasteiger partial charge in [-0.25, -0.2) is 0 Å². The third-order valence-electron chi connectivity index (χ3n) is 2.71. The first-order valence-corrected chi connectivity index (χ1v) is 7.70. The fraction of sp³-hybridized carbons (Fsp3) is 0.615. The van der Waals surface area contributed by atoms with Gasteiger partial charge in [0.2, 0.25) is 0 Å². The summed E-state index contributed by atoms with van der Waals surface area (Å²) in [5.41, 5.74) is 0.593. The Balaban J connectivity index is 2.23. The summed E-state index contributed by atoms with van der Waals surface area (Å²) in [7, 11) is 0. The highest BCUT2D eigenvalue weighted by atomic mass is 35.5. The summed E-state index contributed by atoms with van der Waals surface area (Å²) >= 11 is 13.0. The SMILES string of the molecule is CCCCCCCCC(=O)c1cc(Cl)sc1Cl. The van der Waals surface area contributed by atoms with E-state index in [1.165, 1.54) is 37.0 Å². The van der Waals surface area contributed by atoms with E-state index in [1.54, 1.807) is 6.07 Å². The van der Waals surface area contributed by atoms with Crippen molar-refractivity contribution in [3.05, 3.63) is 20.3 Å². The number of Topliss-reactive ketones (excluding diaryl/α,β-unsaturated/α-hetero) is 1. The zero-order valence-corrected chi connectivity index (χ0v) is 12.4. The smallest absolute Gasteiger partial charge is 0.165 e. The second-order valence-corrected chi connectivity index (χ2v) is 6.46. The molecule has 0 spiro atoms. The van der Waals surface area contributed by atoms with Gasteiger partial charge in [0, 0.05) is 12.0 Å². The Labute approximate surface area is 117 Å². The van der Waals surface area contributed by atoms with Crippen LogP contribution in [-0.2, 0) is 0 Å². The lowest BCUT2D eigenvalue weighted by molar-refractivity contribution is 0.0979. The van der Waals surface area contributed by atoms with Crippen LogP contribution in [0.4, 0.5) is 0 Å². The average Bonchev–Trinajstić information content (AvgIpc) is 2.62. The molecular weight excluding hydrogens is 275 g/mol. The molecule has 1 nitrogen and oxygen atoms in total. The maximum Gasteiger partial charge on any atom is 0.165 e. The lowest BCUT2D eigenvalue weighted by Crippen LogP contribution is -1.97. The molecule has 17 heavy (non-hydrogen) atoms. The number of ketones is 1. The van der Waals surface area contributed by atoms with Gasteiger partial charge in [0.15, 0.2) is 5.78 Å². The molecule has 0 N–H and O–H groups in total. The Bertz CT molecular complexity index is 360. The van der Waals surface area contributed by atoms with Crippen LogP contribution in [0.15, 0.2) is 6.07 Å². The van der Waals surface area contributed by atoms with Gasteiger partial charge in [0.05, 0.1) is 4.34 Å². The van der Waals surface area contributed by atoms with Gasteiger partial charge in [0.25, 0.3) is 0 Å². The van der Waals surface area contributed by atoms with E-state index in [0.29, 0.717) is 20.7 Å². The monoisotopic (exact) mass is 292 g/mol. The normalized spacial score (nSPS) is 10.8. The van der Waals surface area contributed by atoms with Gasteiger partial charge < -0.3 is 0 Å². The Morgan fingerprint density at radius 3 is 2.41 bits per heavy atom. The van der Waals surface area contributed by atoms with Crippen molar-refractivity contribution >= 4 is 40.3 Å². The van der Waals surface area contributed by atoms with E-state index >= 15 is 0 Å². The minimum Gasteiger partial charge on any atom is -0.294 e. The molecule has 0 atom stereocenters. The van der Waals surface area contributed by atoms with Crippen molar-refractivity contribution in [1.29, 1.82) is 0 Å². The van der Waals surface area contributed by atoms with Crippen LogP contribution in [0.2, 0.25) is 8.67 Å². The molecular formula is C13H18Cl2OS. The zero-order valence-electron chi connectivity index (χ0n) is 10.1. The molecule has 1 aromatic rings. The molecule has 0 amide bonds. The largest absolute Gasteiger partial charge is 0.294 e. The van der Waals surface area contributed by atoms with E-state index in [1.807, 2.05) is 0 Å². The zero-order chi connectivity index (χ0) is 12.7. The Morgan fingerprint density at radius 1 is 1.18 bits per heavy atom. The molecule has 1 heterocycles. The number of halogens is 2. The summed E-state index contributed by atoms with van der Waals surface area (Å²) < 4.78 is 1.10. The molecule has 0 aromatic carbocycles. The minimum atomic E-state index is 0.119. The fourth-order valence-electron chi connectivity index (χ4n) is 1.73. The number of thiophene rings is 1. The maximum absolute atomic E-state index is 11.8. The van der Waals surface area contributed by atoms with E-state index in [9.17, 15) is 4.79 Å². The first kappa shape index (κ1) is 15.0. The van der Waals surface area contributed by atoms with E-state index in [-0.39, 0.29) is 5.78 Å². The van der Waals surface area contributed by atoms with Crippen molar-refractivity contribution < 1.29 is 4.79 Å². The van der Waals surface area contributed by atoms with Crippen LogP contribution in [0, 0.1) is 0 Å². The molecule has 0 aliphatic rings. The van der Waals surface area contributed by atoms with Crippen LogP contribution in [0.1, 0.15) is 62.2 Å². The molecule has 0 radical (unpaired) electrons. The van der Waals surface area contributed by atoms with Crippen LogP contribution in [0.5, 0.6) is 0 Å². The highest BCUT2D eigenvalue weighted by Gasteiger charge is 2.13. The van der Waals surface area contributed by atoms with Crippen molar-refractivity contribution in [3.63, 3.8) is 0 Å². The van der Waals surface area contributed by atoms with Gasteiger partial charge in [-0.15, -0.1) is 11.3 Å².